The molecule has 2 nitrogen and oxygen atoms in total. The molecule has 1 N–H and O–H groups in total. The minimum Gasteiger partial charge on any atom is -0.388 e. The predicted octanol–water partition coefficient (Wildman–Crippen LogP) is 2.68. The Bertz CT molecular complexity index is 342. The van der Waals surface area contributed by atoms with Crippen LogP contribution in [0.4, 0.5) is 5.69 Å². The SMILES string of the molecule is CCSCCN1CCC(O)c2ccccc21. The molecule has 1 aliphatic rings. The van der Waals surface area contributed by atoms with Gasteiger partial charge in [-0.25, -0.2) is 0 Å². The highest BCUT2D eigenvalue weighted by molar-refractivity contribution is 7.99. The summed E-state index contributed by atoms with van der Waals surface area (Å²) in [5, 5.41) is 9.92. The minimum atomic E-state index is -0.272. The molecule has 1 aliphatic heterocycles. The summed E-state index contributed by atoms with van der Waals surface area (Å²) in [4.78, 5) is 2.39. The molecule has 0 aliphatic carbocycles. The Hall–Kier alpha value is -0.670. The lowest BCUT2D eigenvalue weighted by Crippen LogP contribution is -2.33. The van der Waals surface area contributed by atoms with Crippen molar-refractivity contribution in [3.05, 3.63) is 29.8 Å². The highest BCUT2D eigenvalue weighted by Crippen LogP contribution is 2.33. The molecule has 0 saturated carbocycles. The molecular formula is C13H19NOS. The highest BCUT2D eigenvalue weighted by atomic mass is 32.2. The Morgan fingerprint density at radius 2 is 2.25 bits per heavy atom. The van der Waals surface area contributed by atoms with E-state index in [9.17, 15) is 5.11 Å². The van der Waals surface area contributed by atoms with Crippen LogP contribution in [0, 0.1) is 0 Å². The van der Waals surface area contributed by atoms with Crippen LogP contribution in [0.2, 0.25) is 0 Å². The Labute approximate surface area is 102 Å². The summed E-state index contributed by atoms with van der Waals surface area (Å²) >= 11 is 1.97. The topological polar surface area (TPSA) is 23.5 Å². The van der Waals surface area contributed by atoms with Gasteiger partial charge in [-0.1, -0.05) is 25.1 Å². The van der Waals surface area contributed by atoms with Gasteiger partial charge in [0.2, 0.25) is 0 Å². The van der Waals surface area contributed by atoms with E-state index < -0.39 is 0 Å². The molecule has 1 atom stereocenters. The molecule has 0 bridgehead atoms. The van der Waals surface area contributed by atoms with Crippen molar-refractivity contribution < 1.29 is 5.11 Å². The van der Waals surface area contributed by atoms with Crippen LogP contribution >= 0.6 is 11.8 Å². The molecule has 1 aromatic rings. The molecule has 88 valence electrons. The van der Waals surface area contributed by atoms with Gasteiger partial charge in [0.15, 0.2) is 0 Å². The number of anilines is 1. The lowest BCUT2D eigenvalue weighted by Gasteiger charge is -2.33. The lowest BCUT2D eigenvalue weighted by atomic mass is 9.99. The molecule has 1 aromatic carbocycles. The lowest BCUT2D eigenvalue weighted by molar-refractivity contribution is 0.164. The Balaban J connectivity index is 2.09. The summed E-state index contributed by atoms with van der Waals surface area (Å²) in [7, 11) is 0. The summed E-state index contributed by atoms with van der Waals surface area (Å²) < 4.78 is 0. The summed E-state index contributed by atoms with van der Waals surface area (Å²) in [5.74, 6) is 2.35. The van der Waals surface area contributed by atoms with Crippen LogP contribution in [-0.4, -0.2) is 29.7 Å². The second kappa shape index (κ2) is 5.60. The smallest absolute Gasteiger partial charge is 0.0826 e. The normalized spacial score (nSPS) is 19.6. The fraction of sp³-hybridized carbons (Fsp3) is 0.538. The molecule has 2 rings (SSSR count). The zero-order valence-electron chi connectivity index (χ0n) is 9.72. The van der Waals surface area contributed by atoms with Crippen molar-refractivity contribution in [3.8, 4) is 0 Å². The van der Waals surface area contributed by atoms with Gasteiger partial charge < -0.3 is 10.0 Å². The van der Waals surface area contributed by atoms with E-state index in [0.29, 0.717) is 0 Å². The summed E-state index contributed by atoms with van der Waals surface area (Å²) in [6.45, 7) is 4.25. The molecule has 16 heavy (non-hydrogen) atoms. The fourth-order valence-electron chi connectivity index (χ4n) is 2.16. The van der Waals surface area contributed by atoms with Gasteiger partial charge in [-0.2, -0.15) is 11.8 Å². The zero-order chi connectivity index (χ0) is 11.4. The minimum absolute atomic E-state index is 0.272. The van der Waals surface area contributed by atoms with Crippen molar-refractivity contribution in [2.45, 2.75) is 19.4 Å². The van der Waals surface area contributed by atoms with Gasteiger partial charge in [-0.3, -0.25) is 0 Å². The average molecular weight is 237 g/mol. The maximum Gasteiger partial charge on any atom is 0.0826 e. The number of hydrogen-bond donors (Lipinski definition) is 1. The summed E-state index contributed by atoms with van der Waals surface area (Å²) in [6, 6.07) is 8.22. The van der Waals surface area contributed by atoms with Gasteiger partial charge in [-0.05, 0) is 18.2 Å². The van der Waals surface area contributed by atoms with E-state index in [1.807, 2.05) is 23.9 Å². The molecular weight excluding hydrogens is 218 g/mol. The first-order valence-corrected chi connectivity index (χ1v) is 7.08. The predicted molar refractivity (Wildman–Crippen MR) is 71.2 cm³/mol. The third-order valence-electron chi connectivity index (χ3n) is 3.02. The second-order valence-corrected chi connectivity index (χ2v) is 5.44. The molecule has 0 saturated heterocycles. The van der Waals surface area contributed by atoms with Crippen molar-refractivity contribution in [1.29, 1.82) is 0 Å². The molecule has 1 heterocycles. The van der Waals surface area contributed by atoms with E-state index in [1.54, 1.807) is 0 Å². The maximum absolute atomic E-state index is 9.92. The Kier molecular flexibility index (Phi) is 4.13. The number of thioether (sulfide) groups is 1. The monoisotopic (exact) mass is 237 g/mol. The quantitative estimate of drug-likeness (QED) is 0.814. The fourth-order valence-corrected chi connectivity index (χ4v) is 2.80. The van der Waals surface area contributed by atoms with Crippen LogP contribution in [0.5, 0.6) is 0 Å². The summed E-state index contributed by atoms with van der Waals surface area (Å²) in [5.41, 5.74) is 2.31. The van der Waals surface area contributed by atoms with Crippen molar-refractivity contribution in [2.75, 3.05) is 29.5 Å². The number of aliphatic hydroxyl groups excluding tert-OH is 1. The van der Waals surface area contributed by atoms with Gasteiger partial charge >= 0.3 is 0 Å². The number of fused-ring (bicyclic) bond motifs is 1. The van der Waals surface area contributed by atoms with Crippen LogP contribution in [0.25, 0.3) is 0 Å². The standard InChI is InChI=1S/C13H19NOS/c1-2-16-10-9-14-8-7-13(15)11-5-3-4-6-12(11)14/h3-6,13,15H,2,7-10H2,1H3. The van der Waals surface area contributed by atoms with Gasteiger partial charge in [0.1, 0.15) is 0 Å². The van der Waals surface area contributed by atoms with E-state index in [0.717, 1.165) is 25.1 Å². The number of aliphatic hydroxyl groups is 1. The molecule has 3 heteroatoms. The average Bonchev–Trinajstić information content (AvgIpc) is 2.33. The second-order valence-electron chi connectivity index (χ2n) is 4.05. The first-order chi connectivity index (χ1) is 7.83. The van der Waals surface area contributed by atoms with Crippen molar-refractivity contribution >= 4 is 17.4 Å². The molecule has 0 amide bonds. The largest absolute Gasteiger partial charge is 0.388 e. The van der Waals surface area contributed by atoms with Crippen LogP contribution in [-0.2, 0) is 0 Å². The van der Waals surface area contributed by atoms with Crippen LogP contribution in [0.15, 0.2) is 24.3 Å². The van der Waals surface area contributed by atoms with Crippen LogP contribution in [0.3, 0.4) is 0 Å². The number of benzene rings is 1. The number of nitrogens with zero attached hydrogens (tertiary/aromatic N) is 1. The van der Waals surface area contributed by atoms with Crippen molar-refractivity contribution in [1.82, 2.24) is 0 Å². The van der Waals surface area contributed by atoms with Crippen LogP contribution in [0.1, 0.15) is 25.0 Å². The summed E-state index contributed by atoms with van der Waals surface area (Å²) in [6.07, 6.45) is 0.583. The van der Waals surface area contributed by atoms with Gasteiger partial charge in [0.25, 0.3) is 0 Å². The molecule has 1 unspecified atom stereocenters. The zero-order valence-corrected chi connectivity index (χ0v) is 10.5. The van der Waals surface area contributed by atoms with Gasteiger partial charge in [0, 0.05) is 30.1 Å². The number of para-hydroxylation sites is 1. The Morgan fingerprint density at radius 1 is 1.44 bits per heavy atom. The van der Waals surface area contributed by atoms with Crippen molar-refractivity contribution in [3.63, 3.8) is 0 Å². The maximum atomic E-state index is 9.92. The molecule has 0 spiro atoms. The molecule has 0 radical (unpaired) electrons. The van der Waals surface area contributed by atoms with Gasteiger partial charge in [0.05, 0.1) is 6.10 Å². The van der Waals surface area contributed by atoms with E-state index in [4.69, 9.17) is 0 Å². The van der Waals surface area contributed by atoms with Crippen LogP contribution < -0.4 is 4.90 Å². The van der Waals surface area contributed by atoms with Gasteiger partial charge in [-0.15, -0.1) is 0 Å². The van der Waals surface area contributed by atoms with E-state index in [1.165, 1.54) is 17.2 Å². The molecule has 0 fully saturated rings. The third kappa shape index (κ3) is 2.53. The first kappa shape index (κ1) is 11.8. The number of hydrogen-bond acceptors (Lipinski definition) is 3. The Morgan fingerprint density at radius 3 is 3.06 bits per heavy atom. The van der Waals surface area contributed by atoms with E-state index >= 15 is 0 Å². The number of rotatable bonds is 4. The highest BCUT2D eigenvalue weighted by Gasteiger charge is 2.22. The first-order valence-electron chi connectivity index (χ1n) is 5.92. The van der Waals surface area contributed by atoms with Crippen molar-refractivity contribution in [2.24, 2.45) is 0 Å². The van der Waals surface area contributed by atoms with E-state index in [-0.39, 0.29) is 6.10 Å². The molecule has 0 aromatic heterocycles. The third-order valence-corrected chi connectivity index (χ3v) is 3.90. The van der Waals surface area contributed by atoms with E-state index in [2.05, 4.69) is 24.0 Å².